The number of nitrogens with one attached hydrogen (secondary N) is 1. The van der Waals surface area contributed by atoms with Gasteiger partial charge in [-0.25, -0.2) is 17.5 Å². The van der Waals surface area contributed by atoms with Crippen LogP contribution in [0.2, 0.25) is 0 Å². The maximum atomic E-state index is 11.4. The Labute approximate surface area is 142 Å². The molecule has 8 nitrogen and oxygen atoms in total. The predicted molar refractivity (Wildman–Crippen MR) is 90.7 cm³/mol. The summed E-state index contributed by atoms with van der Waals surface area (Å²) in [6, 6.07) is 0.116. The molecule has 9 heteroatoms. The molecule has 0 amide bonds. The zero-order valence-corrected chi connectivity index (χ0v) is 14.8. The quantitative estimate of drug-likeness (QED) is 0.641. The van der Waals surface area contributed by atoms with Crippen LogP contribution in [0.1, 0.15) is 28.2 Å². The van der Waals surface area contributed by atoms with Crippen molar-refractivity contribution in [3.05, 3.63) is 29.6 Å². The molecule has 0 fully saturated rings. The zero-order valence-electron chi connectivity index (χ0n) is 14.0. The fourth-order valence-corrected chi connectivity index (χ4v) is 3.32. The Morgan fingerprint density at radius 1 is 1.58 bits per heavy atom. The fraction of sp³-hybridized carbons (Fsp3) is 0.600. The number of likely N-dealkylation sites (N-methyl/N-ethyl adjacent to an activating group) is 1. The summed E-state index contributed by atoms with van der Waals surface area (Å²) in [6.45, 7) is 5.07. The first-order valence-corrected chi connectivity index (χ1v) is 9.66. The third-order valence-electron chi connectivity index (χ3n) is 4.28. The fourth-order valence-electron chi connectivity index (χ4n) is 2.90. The highest BCUT2D eigenvalue weighted by Crippen LogP contribution is 2.25. The molecule has 0 saturated carbocycles. The summed E-state index contributed by atoms with van der Waals surface area (Å²) < 4.78 is 25.7. The Balaban J connectivity index is 2.03. The van der Waals surface area contributed by atoms with E-state index in [2.05, 4.69) is 17.0 Å². The van der Waals surface area contributed by atoms with Gasteiger partial charge in [0.1, 0.15) is 0 Å². The van der Waals surface area contributed by atoms with E-state index in [1.165, 1.54) is 17.6 Å². The van der Waals surface area contributed by atoms with Crippen molar-refractivity contribution in [2.24, 2.45) is 0 Å². The summed E-state index contributed by atoms with van der Waals surface area (Å²) in [5, 5.41) is 16.9. The van der Waals surface area contributed by atoms with Gasteiger partial charge >= 0.3 is 5.97 Å². The molecule has 0 bridgehead atoms. The number of hydrogen-bond acceptors (Lipinski definition) is 5. The van der Waals surface area contributed by atoms with E-state index in [0.717, 1.165) is 24.1 Å². The number of carboxylic acids is 1. The Bertz CT molecular complexity index is 726. The van der Waals surface area contributed by atoms with E-state index < -0.39 is 16.0 Å². The number of sulfonamides is 1. The van der Waals surface area contributed by atoms with Crippen LogP contribution in [-0.2, 0) is 29.4 Å². The van der Waals surface area contributed by atoms with Crippen LogP contribution in [-0.4, -0.2) is 66.0 Å². The Hall–Kier alpha value is -1.71. The van der Waals surface area contributed by atoms with Gasteiger partial charge in [-0.2, -0.15) is 5.10 Å². The minimum absolute atomic E-state index is 0.103. The maximum Gasteiger partial charge on any atom is 0.356 e. The summed E-state index contributed by atoms with van der Waals surface area (Å²) >= 11 is 0. The van der Waals surface area contributed by atoms with Crippen molar-refractivity contribution in [1.82, 2.24) is 19.4 Å². The highest BCUT2D eigenvalue weighted by Gasteiger charge is 2.28. The van der Waals surface area contributed by atoms with E-state index in [4.69, 9.17) is 0 Å². The molecule has 1 heterocycles. The summed E-state index contributed by atoms with van der Waals surface area (Å²) in [5.74, 6) is -1.02. The molecule has 134 valence electrons. The van der Waals surface area contributed by atoms with Crippen molar-refractivity contribution in [1.29, 1.82) is 0 Å². The third-order valence-corrected chi connectivity index (χ3v) is 5.59. The number of carbonyl (C=O) groups is 1. The lowest BCUT2D eigenvalue weighted by atomic mass is 9.91. The van der Waals surface area contributed by atoms with E-state index in [1.807, 2.05) is 0 Å². The molecule has 1 unspecified atom stereocenters. The minimum atomic E-state index is -3.18. The van der Waals surface area contributed by atoms with Crippen LogP contribution < -0.4 is 5.32 Å². The maximum absolute atomic E-state index is 11.4. The molecule has 0 aliphatic heterocycles. The molecule has 0 aromatic carbocycles. The molecule has 1 aromatic heterocycles. The number of nitrogens with zero attached hydrogens (tertiary/aromatic N) is 3. The molecule has 1 aliphatic rings. The van der Waals surface area contributed by atoms with Gasteiger partial charge in [0, 0.05) is 37.4 Å². The van der Waals surface area contributed by atoms with Gasteiger partial charge in [0.25, 0.3) is 0 Å². The lowest BCUT2D eigenvalue weighted by molar-refractivity contribution is 0.0688. The molecule has 2 N–H and O–H groups in total. The number of aromatic carboxylic acids is 1. The molecule has 2 rings (SSSR count). The number of hydrogen-bond donors (Lipinski definition) is 2. The van der Waals surface area contributed by atoms with Crippen molar-refractivity contribution in [3.8, 4) is 0 Å². The summed E-state index contributed by atoms with van der Waals surface area (Å²) in [5.41, 5.74) is 1.83. The molecule has 1 aromatic rings. The second kappa shape index (κ2) is 7.45. The topological polar surface area (TPSA) is 105 Å². The first kappa shape index (κ1) is 18.6. The van der Waals surface area contributed by atoms with Crippen LogP contribution in [0.3, 0.4) is 0 Å². The standard InChI is InChI=1S/C15H24N4O4S/c1-4-8-19-13-6-5-11(10-12(13)14(17-19)15(20)21)16-7-9-18(2)24(3,22)23/h4,11,16H,1,5-10H2,2-3H3,(H,20,21). The lowest BCUT2D eigenvalue weighted by Gasteiger charge is -2.25. The van der Waals surface area contributed by atoms with Crippen LogP contribution in [0, 0.1) is 0 Å². The van der Waals surface area contributed by atoms with Crippen LogP contribution in [0.5, 0.6) is 0 Å². The molecule has 0 radical (unpaired) electrons. The summed E-state index contributed by atoms with van der Waals surface area (Å²) in [4.78, 5) is 11.4. The van der Waals surface area contributed by atoms with Crippen LogP contribution in [0.25, 0.3) is 0 Å². The molecule has 1 atom stereocenters. The van der Waals surface area contributed by atoms with Crippen LogP contribution >= 0.6 is 0 Å². The van der Waals surface area contributed by atoms with E-state index in [0.29, 0.717) is 26.1 Å². The molecule has 1 aliphatic carbocycles. The average Bonchev–Trinajstić information content (AvgIpc) is 2.85. The first-order valence-electron chi connectivity index (χ1n) is 7.81. The van der Waals surface area contributed by atoms with Crippen molar-refractivity contribution in [2.45, 2.75) is 31.8 Å². The number of carboxylic acid groups (broad SMARTS) is 1. The number of allylic oxidation sites excluding steroid dienone is 1. The van der Waals surface area contributed by atoms with Gasteiger partial charge in [-0.05, 0) is 19.3 Å². The summed E-state index contributed by atoms with van der Waals surface area (Å²) in [6.07, 6.45) is 5.05. The SMILES string of the molecule is C=CCn1nc(C(=O)O)c2c1CCC(NCCN(C)S(C)(=O)=O)C2. The first-order chi connectivity index (χ1) is 11.2. The van der Waals surface area contributed by atoms with E-state index in [-0.39, 0.29) is 11.7 Å². The average molecular weight is 356 g/mol. The highest BCUT2D eigenvalue weighted by molar-refractivity contribution is 7.88. The monoisotopic (exact) mass is 356 g/mol. The van der Waals surface area contributed by atoms with E-state index in [1.54, 1.807) is 10.8 Å². The predicted octanol–water partition coefficient (Wildman–Crippen LogP) is 0.106. The third kappa shape index (κ3) is 4.22. The van der Waals surface area contributed by atoms with Crippen LogP contribution in [0.4, 0.5) is 0 Å². The van der Waals surface area contributed by atoms with Crippen molar-refractivity contribution in [3.63, 3.8) is 0 Å². The minimum Gasteiger partial charge on any atom is -0.476 e. The highest BCUT2D eigenvalue weighted by atomic mass is 32.2. The van der Waals surface area contributed by atoms with Gasteiger partial charge in [0.15, 0.2) is 5.69 Å². The molecular formula is C15H24N4O4S. The molecule has 0 spiro atoms. The zero-order chi connectivity index (χ0) is 17.9. The van der Waals surface area contributed by atoms with Gasteiger partial charge < -0.3 is 10.4 Å². The Morgan fingerprint density at radius 2 is 2.29 bits per heavy atom. The van der Waals surface area contributed by atoms with Gasteiger partial charge in [0.05, 0.1) is 12.8 Å². The summed E-state index contributed by atoms with van der Waals surface area (Å²) in [7, 11) is -1.64. The van der Waals surface area contributed by atoms with Crippen molar-refractivity contribution in [2.75, 3.05) is 26.4 Å². The smallest absolute Gasteiger partial charge is 0.356 e. The second-order valence-corrected chi connectivity index (χ2v) is 8.12. The van der Waals surface area contributed by atoms with Gasteiger partial charge in [-0.3, -0.25) is 4.68 Å². The largest absolute Gasteiger partial charge is 0.476 e. The normalized spacial score (nSPS) is 17.7. The van der Waals surface area contributed by atoms with Crippen LogP contribution in [0.15, 0.2) is 12.7 Å². The van der Waals surface area contributed by atoms with Crippen molar-refractivity contribution < 1.29 is 18.3 Å². The second-order valence-electron chi connectivity index (χ2n) is 6.03. The Morgan fingerprint density at radius 3 is 2.88 bits per heavy atom. The van der Waals surface area contributed by atoms with E-state index >= 15 is 0 Å². The van der Waals surface area contributed by atoms with E-state index in [9.17, 15) is 18.3 Å². The number of aromatic nitrogens is 2. The number of rotatable bonds is 8. The molecule has 24 heavy (non-hydrogen) atoms. The van der Waals surface area contributed by atoms with Gasteiger partial charge in [-0.1, -0.05) is 6.08 Å². The molecule has 0 saturated heterocycles. The number of fused-ring (bicyclic) bond motifs is 1. The lowest BCUT2D eigenvalue weighted by Crippen LogP contribution is -2.40. The van der Waals surface area contributed by atoms with Gasteiger partial charge in [-0.15, -0.1) is 6.58 Å². The Kier molecular flexibility index (Phi) is 5.79. The van der Waals surface area contributed by atoms with Crippen molar-refractivity contribution >= 4 is 16.0 Å². The van der Waals surface area contributed by atoms with Gasteiger partial charge in [0.2, 0.25) is 10.0 Å². The molecular weight excluding hydrogens is 332 g/mol.